The van der Waals surface area contributed by atoms with Crippen molar-refractivity contribution in [1.29, 1.82) is 0 Å². The van der Waals surface area contributed by atoms with E-state index in [2.05, 4.69) is 12.6 Å². The van der Waals surface area contributed by atoms with Crippen molar-refractivity contribution < 1.29 is 13.2 Å². The molecule has 1 aromatic carbocycles. The summed E-state index contributed by atoms with van der Waals surface area (Å²) in [6, 6.07) is 3.83. The van der Waals surface area contributed by atoms with Gasteiger partial charge in [-0.2, -0.15) is 25.8 Å². The molecule has 84 valence electrons. The van der Waals surface area contributed by atoms with Crippen molar-refractivity contribution in [3.63, 3.8) is 0 Å². The van der Waals surface area contributed by atoms with Gasteiger partial charge in [0.1, 0.15) is 0 Å². The average molecular weight is 255 g/mol. The number of alkyl halides is 3. The van der Waals surface area contributed by atoms with E-state index < -0.39 is 16.5 Å². The summed E-state index contributed by atoms with van der Waals surface area (Å²) >= 11 is 9.70. The monoisotopic (exact) mass is 254 g/mol. The van der Waals surface area contributed by atoms with Crippen molar-refractivity contribution in [2.75, 3.05) is 0 Å². The summed E-state index contributed by atoms with van der Waals surface area (Å²) in [5.74, 6) is 0. The molecule has 0 amide bonds. The topological polar surface area (TPSA) is 0 Å². The Bertz CT molecular complexity index is 366. The lowest BCUT2D eigenvalue weighted by molar-refractivity contribution is -0.137. The quantitative estimate of drug-likeness (QED) is 0.700. The van der Waals surface area contributed by atoms with Crippen molar-refractivity contribution >= 4 is 24.2 Å². The van der Waals surface area contributed by atoms with Crippen LogP contribution in [-0.4, -0.2) is 0 Å². The minimum absolute atomic E-state index is 0.288. The van der Waals surface area contributed by atoms with E-state index in [4.69, 9.17) is 11.6 Å². The molecule has 0 aliphatic carbocycles. The van der Waals surface area contributed by atoms with Crippen LogP contribution in [0.2, 0.25) is 5.02 Å². The molecular formula is C10H10ClF3S. The van der Waals surface area contributed by atoms with E-state index >= 15 is 0 Å². The second kappa shape index (κ2) is 3.91. The van der Waals surface area contributed by atoms with Crippen LogP contribution in [0.1, 0.15) is 25.0 Å². The normalized spacial score (nSPS) is 13.0. The number of halogens is 4. The van der Waals surface area contributed by atoms with E-state index in [1.807, 2.05) is 0 Å². The minimum atomic E-state index is -4.42. The predicted octanol–water partition coefficient (Wildman–Crippen LogP) is 4.52. The molecular weight excluding hydrogens is 245 g/mol. The Morgan fingerprint density at radius 2 is 1.73 bits per heavy atom. The van der Waals surface area contributed by atoms with E-state index in [0.29, 0.717) is 5.56 Å². The van der Waals surface area contributed by atoms with Crippen molar-refractivity contribution in [1.82, 2.24) is 0 Å². The first-order valence-electron chi connectivity index (χ1n) is 4.22. The van der Waals surface area contributed by atoms with Gasteiger partial charge >= 0.3 is 6.18 Å². The van der Waals surface area contributed by atoms with Crippen LogP contribution < -0.4 is 0 Å². The van der Waals surface area contributed by atoms with Crippen LogP contribution in [0.25, 0.3) is 0 Å². The summed E-state index contributed by atoms with van der Waals surface area (Å²) in [6.45, 7) is 3.44. The van der Waals surface area contributed by atoms with Crippen LogP contribution in [0, 0.1) is 0 Å². The van der Waals surface area contributed by atoms with Gasteiger partial charge in [0.05, 0.1) is 10.6 Å². The Labute approximate surface area is 96.8 Å². The summed E-state index contributed by atoms with van der Waals surface area (Å²) in [5, 5.41) is -0.288. The molecule has 0 radical (unpaired) electrons. The Morgan fingerprint density at radius 3 is 2.13 bits per heavy atom. The zero-order chi connectivity index (χ0) is 11.9. The Morgan fingerprint density at radius 1 is 1.20 bits per heavy atom. The molecule has 0 saturated heterocycles. The molecule has 0 unspecified atom stereocenters. The maximum absolute atomic E-state index is 12.5. The van der Waals surface area contributed by atoms with Gasteiger partial charge in [-0.1, -0.05) is 17.7 Å². The number of benzene rings is 1. The molecule has 0 atom stereocenters. The fourth-order valence-electron chi connectivity index (χ4n) is 1.12. The first kappa shape index (κ1) is 12.7. The predicted molar refractivity (Wildman–Crippen MR) is 58.5 cm³/mol. The van der Waals surface area contributed by atoms with Crippen molar-refractivity contribution in [2.24, 2.45) is 0 Å². The van der Waals surface area contributed by atoms with Crippen LogP contribution in [0.5, 0.6) is 0 Å². The zero-order valence-electron chi connectivity index (χ0n) is 8.19. The highest BCUT2D eigenvalue weighted by atomic mass is 35.5. The zero-order valence-corrected chi connectivity index (χ0v) is 9.84. The molecule has 0 heterocycles. The lowest BCUT2D eigenvalue weighted by Crippen LogP contribution is -2.12. The van der Waals surface area contributed by atoms with Gasteiger partial charge in [-0.15, -0.1) is 0 Å². The molecule has 0 aliphatic heterocycles. The Hall–Kier alpha value is -0.350. The van der Waals surface area contributed by atoms with Crippen molar-refractivity contribution in [2.45, 2.75) is 24.8 Å². The summed E-state index contributed by atoms with van der Waals surface area (Å²) < 4.78 is 36.9. The van der Waals surface area contributed by atoms with E-state index in [1.165, 1.54) is 6.07 Å². The van der Waals surface area contributed by atoms with E-state index in [-0.39, 0.29) is 5.02 Å². The number of rotatable bonds is 1. The van der Waals surface area contributed by atoms with Crippen LogP contribution in [-0.2, 0) is 10.9 Å². The summed E-state index contributed by atoms with van der Waals surface area (Å²) in [6.07, 6.45) is -4.42. The lowest BCUT2D eigenvalue weighted by Gasteiger charge is -2.20. The van der Waals surface area contributed by atoms with E-state index in [9.17, 15) is 13.2 Å². The Kier molecular flexibility index (Phi) is 3.31. The third kappa shape index (κ3) is 3.05. The second-order valence-corrected chi connectivity index (χ2v) is 5.28. The molecule has 1 aromatic rings. The first-order valence-corrected chi connectivity index (χ1v) is 5.04. The fourth-order valence-corrected chi connectivity index (χ4v) is 1.49. The van der Waals surface area contributed by atoms with Crippen LogP contribution >= 0.6 is 24.2 Å². The van der Waals surface area contributed by atoms with Gasteiger partial charge < -0.3 is 0 Å². The Balaban J connectivity index is 3.30. The van der Waals surface area contributed by atoms with Crippen molar-refractivity contribution in [3.05, 3.63) is 34.3 Å². The maximum atomic E-state index is 12.5. The third-order valence-corrected chi connectivity index (χ3v) is 2.57. The minimum Gasteiger partial charge on any atom is -0.168 e. The van der Waals surface area contributed by atoms with Gasteiger partial charge in [0.25, 0.3) is 0 Å². The molecule has 0 nitrogen and oxygen atoms in total. The maximum Gasteiger partial charge on any atom is 0.417 e. The highest BCUT2D eigenvalue weighted by Gasteiger charge is 2.34. The van der Waals surface area contributed by atoms with Crippen LogP contribution in [0.15, 0.2) is 18.2 Å². The molecule has 0 aromatic heterocycles. The molecule has 0 N–H and O–H groups in total. The first-order chi connectivity index (χ1) is 6.62. The molecule has 0 spiro atoms. The van der Waals surface area contributed by atoms with Gasteiger partial charge in [0.15, 0.2) is 0 Å². The van der Waals surface area contributed by atoms with Crippen molar-refractivity contribution in [3.8, 4) is 0 Å². The SMILES string of the molecule is CC(C)(S)c1ccc(Cl)c(C(F)(F)F)c1. The van der Waals surface area contributed by atoms with Gasteiger partial charge in [-0.05, 0) is 31.5 Å². The van der Waals surface area contributed by atoms with E-state index in [1.54, 1.807) is 19.9 Å². The summed E-state index contributed by atoms with van der Waals surface area (Å²) in [5.41, 5.74) is -0.327. The summed E-state index contributed by atoms with van der Waals surface area (Å²) in [7, 11) is 0. The molecule has 1 rings (SSSR count). The molecule has 0 aliphatic rings. The summed E-state index contributed by atoms with van der Waals surface area (Å²) in [4.78, 5) is 0. The van der Waals surface area contributed by atoms with Crippen LogP contribution in [0.3, 0.4) is 0 Å². The van der Waals surface area contributed by atoms with Gasteiger partial charge in [0, 0.05) is 4.75 Å². The van der Waals surface area contributed by atoms with Gasteiger partial charge in [-0.25, -0.2) is 0 Å². The molecule has 0 bridgehead atoms. The highest BCUT2D eigenvalue weighted by Crippen LogP contribution is 2.38. The van der Waals surface area contributed by atoms with Gasteiger partial charge in [-0.3, -0.25) is 0 Å². The molecule has 15 heavy (non-hydrogen) atoms. The number of thiol groups is 1. The van der Waals surface area contributed by atoms with Crippen LogP contribution in [0.4, 0.5) is 13.2 Å². The van der Waals surface area contributed by atoms with E-state index in [0.717, 1.165) is 6.07 Å². The molecule has 0 fully saturated rings. The smallest absolute Gasteiger partial charge is 0.168 e. The van der Waals surface area contributed by atoms with Gasteiger partial charge in [0.2, 0.25) is 0 Å². The second-order valence-electron chi connectivity index (χ2n) is 3.75. The highest BCUT2D eigenvalue weighted by molar-refractivity contribution is 7.81. The standard InChI is InChI=1S/C10H10ClF3S/c1-9(2,15)6-3-4-8(11)7(5-6)10(12,13)14/h3-5,15H,1-2H3. The average Bonchev–Trinajstić information content (AvgIpc) is 2.00. The number of hydrogen-bond acceptors (Lipinski definition) is 1. The fraction of sp³-hybridized carbons (Fsp3) is 0.400. The molecule has 0 saturated carbocycles. The molecule has 5 heteroatoms. The largest absolute Gasteiger partial charge is 0.417 e. The number of hydrogen-bond donors (Lipinski definition) is 1. The third-order valence-electron chi connectivity index (χ3n) is 1.98. The lowest BCUT2D eigenvalue weighted by atomic mass is 10.00.